The second-order valence-electron chi connectivity index (χ2n) is 5.01. The molecule has 1 fully saturated rings. The minimum absolute atomic E-state index is 0.109. The Bertz CT molecular complexity index is 684. The Kier molecular flexibility index (Phi) is 4.19. The lowest BCUT2D eigenvalue weighted by Crippen LogP contribution is -2.14. The molecule has 1 saturated carbocycles. The number of carbonyl (C=O) groups is 1. The van der Waals surface area contributed by atoms with Gasteiger partial charge in [0.1, 0.15) is 5.75 Å². The summed E-state index contributed by atoms with van der Waals surface area (Å²) in [5.41, 5.74) is 6.51. The molecule has 0 radical (unpaired) electrons. The van der Waals surface area contributed by atoms with Crippen LogP contribution in [0.1, 0.15) is 18.9 Å². The Labute approximate surface area is 132 Å². The summed E-state index contributed by atoms with van der Waals surface area (Å²) in [5, 5.41) is 11.4. The van der Waals surface area contributed by atoms with Crippen LogP contribution in [-0.2, 0) is 4.79 Å². The van der Waals surface area contributed by atoms with Gasteiger partial charge >= 0.3 is 0 Å². The lowest BCUT2D eigenvalue weighted by atomic mass is 10.3. The zero-order chi connectivity index (χ0) is 15.5. The average molecular weight is 319 g/mol. The van der Waals surface area contributed by atoms with Crippen molar-refractivity contribution < 1.29 is 9.53 Å². The summed E-state index contributed by atoms with van der Waals surface area (Å²) in [6.45, 7) is 0. The van der Waals surface area contributed by atoms with Crippen molar-refractivity contribution in [2.75, 3.05) is 23.9 Å². The van der Waals surface area contributed by atoms with Crippen molar-refractivity contribution in [3.05, 3.63) is 24.3 Å². The lowest BCUT2D eigenvalue weighted by Gasteiger charge is -2.08. The van der Waals surface area contributed by atoms with E-state index in [2.05, 4.69) is 15.5 Å². The van der Waals surface area contributed by atoms with Gasteiger partial charge in [-0.15, -0.1) is 10.2 Å². The molecule has 7 nitrogen and oxygen atoms in total. The number of anilines is 2. The number of ether oxygens (including phenoxy) is 1. The van der Waals surface area contributed by atoms with Gasteiger partial charge in [0.15, 0.2) is 5.16 Å². The molecular formula is C14H17N5O2S. The van der Waals surface area contributed by atoms with Crippen molar-refractivity contribution in [1.82, 2.24) is 14.8 Å². The van der Waals surface area contributed by atoms with Crippen LogP contribution in [0.2, 0.25) is 0 Å². The van der Waals surface area contributed by atoms with E-state index in [1.165, 1.54) is 11.8 Å². The fourth-order valence-corrected chi connectivity index (χ4v) is 2.90. The maximum atomic E-state index is 12.0. The second-order valence-corrected chi connectivity index (χ2v) is 5.95. The van der Waals surface area contributed by atoms with Crippen molar-refractivity contribution in [1.29, 1.82) is 0 Å². The number of nitrogens with one attached hydrogen (secondary N) is 1. The molecule has 8 heteroatoms. The molecular weight excluding hydrogens is 302 g/mol. The Morgan fingerprint density at radius 1 is 1.50 bits per heavy atom. The van der Waals surface area contributed by atoms with Crippen molar-refractivity contribution in [3.8, 4) is 5.75 Å². The molecule has 1 aliphatic rings. The van der Waals surface area contributed by atoms with Crippen LogP contribution >= 0.6 is 11.8 Å². The minimum atomic E-state index is -0.109. The Balaban J connectivity index is 1.58. The summed E-state index contributed by atoms with van der Waals surface area (Å²) in [6.07, 6.45) is 2.18. The second kappa shape index (κ2) is 6.27. The highest BCUT2D eigenvalue weighted by Crippen LogP contribution is 2.39. The molecule has 0 spiro atoms. The number of benzene rings is 1. The standard InChI is InChI=1S/C14H17N5O2S/c1-21-11-4-2-3-9(7-11)16-12(20)8-22-14-18-17-13(15)19(14)10-5-6-10/h2-4,7,10H,5-6,8H2,1H3,(H2,15,17)(H,16,20). The topological polar surface area (TPSA) is 95.1 Å². The molecule has 0 atom stereocenters. The molecule has 116 valence electrons. The van der Waals surface area contributed by atoms with Crippen LogP contribution in [0.25, 0.3) is 0 Å². The summed E-state index contributed by atoms with van der Waals surface area (Å²) in [7, 11) is 1.59. The van der Waals surface area contributed by atoms with Gasteiger partial charge in [0.2, 0.25) is 11.9 Å². The highest BCUT2D eigenvalue weighted by molar-refractivity contribution is 7.99. The average Bonchev–Trinajstić information content (AvgIpc) is 3.28. The van der Waals surface area contributed by atoms with Crippen LogP contribution in [0.5, 0.6) is 5.75 Å². The quantitative estimate of drug-likeness (QED) is 0.790. The van der Waals surface area contributed by atoms with Crippen LogP contribution < -0.4 is 15.8 Å². The van der Waals surface area contributed by atoms with Crippen molar-refractivity contribution in [2.45, 2.75) is 24.0 Å². The summed E-state index contributed by atoms with van der Waals surface area (Å²) < 4.78 is 7.03. The number of hydrogen-bond acceptors (Lipinski definition) is 6. The Morgan fingerprint density at radius 2 is 2.32 bits per heavy atom. The van der Waals surface area contributed by atoms with E-state index in [-0.39, 0.29) is 11.7 Å². The Hall–Kier alpha value is -2.22. The van der Waals surface area contributed by atoms with Crippen LogP contribution in [0.4, 0.5) is 11.6 Å². The fraction of sp³-hybridized carbons (Fsp3) is 0.357. The number of aromatic nitrogens is 3. The first-order valence-corrected chi connectivity index (χ1v) is 7.93. The SMILES string of the molecule is COc1cccc(NC(=O)CSc2nnc(N)n2C2CC2)c1. The van der Waals surface area contributed by atoms with Gasteiger partial charge in [0.25, 0.3) is 0 Å². The molecule has 1 amide bonds. The highest BCUT2D eigenvalue weighted by Gasteiger charge is 2.29. The van der Waals surface area contributed by atoms with Gasteiger partial charge in [-0.2, -0.15) is 0 Å². The normalized spacial score (nSPS) is 13.9. The maximum Gasteiger partial charge on any atom is 0.234 e. The Morgan fingerprint density at radius 3 is 3.05 bits per heavy atom. The van der Waals surface area contributed by atoms with Gasteiger partial charge in [-0.05, 0) is 25.0 Å². The first-order valence-electron chi connectivity index (χ1n) is 6.94. The third kappa shape index (κ3) is 3.33. The fourth-order valence-electron chi connectivity index (χ4n) is 2.09. The summed E-state index contributed by atoms with van der Waals surface area (Å²) >= 11 is 1.34. The van der Waals surface area contributed by atoms with E-state index < -0.39 is 0 Å². The molecule has 3 N–H and O–H groups in total. The van der Waals surface area contributed by atoms with Gasteiger partial charge in [0.05, 0.1) is 12.9 Å². The van der Waals surface area contributed by atoms with Gasteiger partial charge in [0, 0.05) is 17.8 Å². The predicted octanol–water partition coefficient (Wildman–Crippen LogP) is 1.93. The first kappa shape index (κ1) is 14.7. The maximum absolute atomic E-state index is 12.0. The summed E-state index contributed by atoms with van der Waals surface area (Å²) in [5.74, 6) is 1.26. The third-order valence-electron chi connectivity index (χ3n) is 3.29. The van der Waals surface area contributed by atoms with E-state index >= 15 is 0 Å². The number of hydrogen-bond donors (Lipinski definition) is 2. The molecule has 1 aromatic carbocycles. The molecule has 0 aliphatic heterocycles. The number of rotatable bonds is 6. The zero-order valence-corrected chi connectivity index (χ0v) is 13.0. The van der Waals surface area contributed by atoms with Crippen LogP contribution in [0.3, 0.4) is 0 Å². The molecule has 1 aromatic heterocycles. The minimum Gasteiger partial charge on any atom is -0.497 e. The first-order chi connectivity index (χ1) is 10.7. The smallest absolute Gasteiger partial charge is 0.234 e. The molecule has 1 aliphatic carbocycles. The van der Waals surface area contributed by atoms with Crippen LogP contribution in [-0.4, -0.2) is 33.5 Å². The number of amides is 1. The number of nitrogens with two attached hydrogens (primary N) is 1. The molecule has 3 rings (SSSR count). The molecule has 0 unspecified atom stereocenters. The summed E-state index contributed by atoms with van der Waals surface area (Å²) in [6, 6.07) is 7.62. The van der Waals surface area contributed by atoms with Crippen LogP contribution in [0.15, 0.2) is 29.4 Å². The van der Waals surface area contributed by atoms with E-state index in [0.29, 0.717) is 28.6 Å². The van der Waals surface area contributed by atoms with Gasteiger partial charge in [-0.3, -0.25) is 9.36 Å². The van der Waals surface area contributed by atoms with Gasteiger partial charge in [-0.25, -0.2) is 0 Å². The van der Waals surface area contributed by atoms with Crippen molar-refractivity contribution >= 4 is 29.3 Å². The number of nitrogens with zero attached hydrogens (tertiary/aromatic N) is 3. The molecule has 1 heterocycles. The third-order valence-corrected chi connectivity index (χ3v) is 4.23. The molecule has 0 saturated heterocycles. The van der Waals surface area contributed by atoms with E-state index in [9.17, 15) is 4.79 Å². The highest BCUT2D eigenvalue weighted by atomic mass is 32.2. The van der Waals surface area contributed by atoms with Crippen molar-refractivity contribution in [3.63, 3.8) is 0 Å². The summed E-state index contributed by atoms with van der Waals surface area (Å²) in [4.78, 5) is 12.0. The largest absolute Gasteiger partial charge is 0.497 e. The van der Waals surface area contributed by atoms with Gasteiger partial charge < -0.3 is 15.8 Å². The van der Waals surface area contributed by atoms with Gasteiger partial charge in [-0.1, -0.05) is 17.8 Å². The molecule has 2 aromatic rings. The number of methoxy groups -OCH3 is 1. The molecule has 22 heavy (non-hydrogen) atoms. The van der Waals surface area contributed by atoms with Crippen LogP contribution in [0, 0.1) is 0 Å². The van der Waals surface area contributed by atoms with E-state index in [4.69, 9.17) is 10.5 Å². The zero-order valence-electron chi connectivity index (χ0n) is 12.2. The number of carbonyl (C=O) groups excluding carboxylic acids is 1. The lowest BCUT2D eigenvalue weighted by molar-refractivity contribution is -0.113. The monoisotopic (exact) mass is 319 g/mol. The number of thioether (sulfide) groups is 1. The predicted molar refractivity (Wildman–Crippen MR) is 85.1 cm³/mol. The van der Waals surface area contributed by atoms with E-state index in [0.717, 1.165) is 12.8 Å². The van der Waals surface area contributed by atoms with E-state index in [1.54, 1.807) is 13.2 Å². The molecule has 0 bridgehead atoms. The van der Waals surface area contributed by atoms with E-state index in [1.807, 2.05) is 22.8 Å². The van der Waals surface area contributed by atoms with Crippen molar-refractivity contribution in [2.24, 2.45) is 0 Å². The number of nitrogen functional groups attached to an aromatic ring is 1.